The molecule has 0 fully saturated rings. The van der Waals surface area contributed by atoms with Crippen molar-refractivity contribution in [3.8, 4) is 0 Å². The van der Waals surface area contributed by atoms with Crippen molar-refractivity contribution in [2.45, 2.75) is 16.8 Å². The third-order valence-electron chi connectivity index (χ3n) is 2.62. The number of alkyl halides is 3. The highest BCUT2D eigenvalue weighted by Crippen LogP contribution is 2.26. The van der Waals surface area contributed by atoms with E-state index in [2.05, 4.69) is 0 Å². The Morgan fingerprint density at radius 1 is 0.950 bits per heavy atom. The van der Waals surface area contributed by atoms with Gasteiger partial charge in [-0.2, -0.15) is 13.2 Å². The lowest BCUT2D eigenvalue weighted by molar-refractivity contribution is -0.0885. The number of carbonyl (C=O) groups excluding carboxylic acids is 1. The van der Waals surface area contributed by atoms with Crippen molar-refractivity contribution in [2.24, 2.45) is 0 Å². The number of ketones is 1. The minimum atomic E-state index is -4.82. The summed E-state index contributed by atoms with van der Waals surface area (Å²) in [4.78, 5) is 11.9. The second-order valence-electron chi connectivity index (χ2n) is 4.13. The summed E-state index contributed by atoms with van der Waals surface area (Å²) < 4.78 is 36.8. The number of halogens is 3. The van der Waals surface area contributed by atoms with Crippen molar-refractivity contribution >= 4 is 17.5 Å². The topological polar surface area (TPSA) is 17.1 Å². The van der Waals surface area contributed by atoms with Gasteiger partial charge in [0.15, 0.2) is 0 Å². The Bertz CT molecular complexity index is 576. The van der Waals surface area contributed by atoms with E-state index >= 15 is 0 Å². The first-order chi connectivity index (χ1) is 9.47. The molecule has 0 aliphatic heterocycles. The molecule has 2 rings (SSSR count). The van der Waals surface area contributed by atoms with Crippen LogP contribution in [0.15, 0.2) is 59.5 Å². The largest absolute Gasteiger partial charge is 0.454 e. The first kappa shape index (κ1) is 14.7. The summed E-state index contributed by atoms with van der Waals surface area (Å²) in [7, 11) is 0. The van der Waals surface area contributed by atoms with Crippen LogP contribution < -0.4 is 0 Å². The highest BCUT2D eigenvalue weighted by atomic mass is 32.2. The molecule has 0 atom stereocenters. The molecule has 1 nitrogen and oxygen atoms in total. The average Bonchev–Trinajstić information content (AvgIpc) is 2.45. The highest BCUT2D eigenvalue weighted by molar-refractivity contribution is 7.98. The average molecular weight is 296 g/mol. The maximum atomic E-state index is 12.3. The molecule has 0 bridgehead atoms. The normalized spacial score (nSPS) is 11.3. The first-order valence-electron chi connectivity index (χ1n) is 5.85. The lowest BCUT2D eigenvalue weighted by Crippen LogP contribution is -2.22. The molecular weight excluding hydrogens is 285 g/mol. The monoisotopic (exact) mass is 296 g/mol. The molecular formula is C15H11F3OS. The molecule has 0 radical (unpaired) electrons. The molecule has 0 aromatic heterocycles. The Balaban J connectivity index is 2.00. The summed E-state index contributed by atoms with van der Waals surface area (Å²) in [6.45, 7) is 0. The summed E-state index contributed by atoms with van der Waals surface area (Å²) in [6, 6.07) is 15.2. The molecule has 0 unspecified atom stereocenters. The van der Waals surface area contributed by atoms with Crippen molar-refractivity contribution in [1.82, 2.24) is 0 Å². The number of hydrogen-bond donors (Lipinski definition) is 0. The molecule has 2 aromatic carbocycles. The van der Waals surface area contributed by atoms with Crippen LogP contribution >= 0.6 is 11.8 Å². The maximum absolute atomic E-state index is 12.3. The van der Waals surface area contributed by atoms with Gasteiger partial charge in [0, 0.05) is 16.2 Å². The Morgan fingerprint density at radius 2 is 1.55 bits per heavy atom. The van der Waals surface area contributed by atoms with Crippen LogP contribution in [-0.2, 0) is 5.75 Å². The summed E-state index contributed by atoms with van der Waals surface area (Å²) in [5.74, 6) is -1.08. The SMILES string of the molecule is O=C(c1ccc(SCc2ccccc2)cc1)C(F)(F)F. The van der Waals surface area contributed by atoms with E-state index in [-0.39, 0.29) is 5.56 Å². The van der Waals surface area contributed by atoms with Crippen molar-refractivity contribution in [2.75, 3.05) is 0 Å². The van der Waals surface area contributed by atoms with Gasteiger partial charge in [0.25, 0.3) is 5.78 Å². The molecule has 0 heterocycles. The molecule has 0 aliphatic rings. The van der Waals surface area contributed by atoms with Gasteiger partial charge in [-0.1, -0.05) is 30.3 Å². The summed E-state index contributed by atoms with van der Waals surface area (Å²) in [5, 5.41) is 0. The maximum Gasteiger partial charge on any atom is 0.454 e. The van der Waals surface area contributed by atoms with Crippen LogP contribution in [0.4, 0.5) is 13.2 Å². The van der Waals surface area contributed by atoms with E-state index in [0.717, 1.165) is 16.2 Å². The van der Waals surface area contributed by atoms with Gasteiger partial charge >= 0.3 is 6.18 Å². The van der Waals surface area contributed by atoms with Crippen LogP contribution in [0.5, 0.6) is 0 Å². The van der Waals surface area contributed by atoms with Crippen molar-refractivity contribution in [3.63, 3.8) is 0 Å². The van der Waals surface area contributed by atoms with Crippen LogP contribution in [0.3, 0.4) is 0 Å². The zero-order chi connectivity index (χ0) is 14.6. The Labute approximate surface area is 118 Å². The quantitative estimate of drug-likeness (QED) is 0.599. The van der Waals surface area contributed by atoms with Gasteiger partial charge < -0.3 is 0 Å². The molecule has 0 aliphatic carbocycles. The molecule has 0 spiro atoms. The van der Waals surface area contributed by atoms with Gasteiger partial charge in [-0.25, -0.2) is 0 Å². The molecule has 2 aromatic rings. The third kappa shape index (κ3) is 3.87. The fourth-order valence-corrected chi connectivity index (χ4v) is 2.46. The molecule has 0 saturated heterocycles. The highest BCUT2D eigenvalue weighted by Gasteiger charge is 2.39. The van der Waals surface area contributed by atoms with Crippen LogP contribution in [0, 0.1) is 0 Å². The minimum absolute atomic E-state index is 0.332. The fourth-order valence-electron chi connectivity index (χ4n) is 1.61. The van der Waals surface area contributed by atoms with Gasteiger partial charge in [0.2, 0.25) is 0 Å². The Morgan fingerprint density at radius 3 is 2.10 bits per heavy atom. The van der Waals surface area contributed by atoms with Crippen molar-refractivity contribution < 1.29 is 18.0 Å². The van der Waals surface area contributed by atoms with Gasteiger partial charge in [0.05, 0.1) is 0 Å². The Kier molecular flexibility index (Phi) is 4.49. The second-order valence-corrected chi connectivity index (χ2v) is 5.17. The molecule has 5 heteroatoms. The van der Waals surface area contributed by atoms with Gasteiger partial charge in [-0.05, 0) is 29.8 Å². The zero-order valence-electron chi connectivity index (χ0n) is 10.4. The van der Waals surface area contributed by atoms with Crippen LogP contribution in [0.2, 0.25) is 0 Å². The molecule has 104 valence electrons. The second kappa shape index (κ2) is 6.13. The Hall–Kier alpha value is -1.75. The van der Waals surface area contributed by atoms with Crippen LogP contribution in [-0.4, -0.2) is 12.0 Å². The fraction of sp³-hybridized carbons (Fsp3) is 0.133. The van der Waals surface area contributed by atoms with E-state index in [1.807, 2.05) is 30.3 Å². The summed E-state index contributed by atoms with van der Waals surface area (Å²) in [6.07, 6.45) is -4.82. The molecule has 0 amide bonds. The molecule has 20 heavy (non-hydrogen) atoms. The van der Waals surface area contributed by atoms with Crippen molar-refractivity contribution in [1.29, 1.82) is 0 Å². The van der Waals surface area contributed by atoms with E-state index in [0.29, 0.717) is 0 Å². The van der Waals surface area contributed by atoms with E-state index in [1.165, 1.54) is 36.0 Å². The predicted molar refractivity (Wildman–Crippen MR) is 72.8 cm³/mol. The van der Waals surface area contributed by atoms with E-state index < -0.39 is 12.0 Å². The lowest BCUT2D eigenvalue weighted by atomic mass is 10.1. The van der Waals surface area contributed by atoms with E-state index in [9.17, 15) is 18.0 Å². The first-order valence-corrected chi connectivity index (χ1v) is 6.84. The summed E-state index contributed by atoms with van der Waals surface area (Å²) in [5.41, 5.74) is 0.800. The molecule has 0 saturated carbocycles. The van der Waals surface area contributed by atoms with Gasteiger partial charge in [0.1, 0.15) is 0 Å². The number of Topliss-reactive ketones (excluding diaryl/α,β-unsaturated/α-hetero) is 1. The number of benzene rings is 2. The predicted octanol–water partition coefficient (Wildman–Crippen LogP) is 4.72. The third-order valence-corrected chi connectivity index (χ3v) is 3.71. The van der Waals surface area contributed by atoms with Crippen LogP contribution in [0.25, 0.3) is 0 Å². The van der Waals surface area contributed by atoms with Gasteiger partial charge in [-0.3, -0.25) is 4.79 Å². The lowest BCUT2D eigenvalue weighted by Gasteiger charge is -2.06. The number of carbonyl (C=O) groups is 1. The van der Waals surface area contributed by atoms with Crippen molar-refractivity contribution in [3.05, 3.63) is 65.7 Å². The standard InChI is InChI=1S/C15H11F3OS/c16-15(17,18)14(19)12-6-8-13(9-7-12)20-10-11-4-2-1-3-5-11/h1-9H,10H2. The van der Waals surface area contributed by atoms with Gasteiger partial charge in [-0.15, -0.1) is 11.8 Å². The van der Waals surface area contributed by atoms with E-state index in [1.54, 1.807) is 0 Å². The number of thioether (sulfide) groups is 1. The molecule has 0 N–H and O–H groups in total. The summed E-state index contributed by atoms with van der Waals surface area (Å²) >= 11 is 1.51. The zero-order valence-corrected chi connectivity index (χ0v) is 11.2. The number of rotatable bonds is 4. The van der Waals surface area contributed by atoms with E-state index in [4.69, 9.17) is 0 Å². The smallest absolute Gasteiger partial charge is 0.284 e. The van der Waals surface area contributed by atoms with Crippen LogP contribution in [0.1, 0.15) is 15.9 Å². The number of hydrogen-bond acceptors (Lipinski definition) is 2. The minimum Gasteiger partial charge on any atom is -0.284 e.